The molecule has 102 valence electrons. The third kappa shape index (κ3) is 3.96. The molecule has 1 heterocycles. The fourth-order valence-corrected chi connectivity index (χ4v) is 2.32. The number of hydrogen-bond acceptors (Lipinski definition) is 3. The van der Waals surface area contributed by atoms with Gasteiger partial charge < -0.3 is 9.73 Å². The number of aromatic nitrogens is 1. The fourth-order valence-electron chi connectivity index (χ4n) is 1.79. The summed E-state index contributed by atoms with van der Waals surface area (Å²) in [5.74, 6) is 1.30. The molecule has 0 aliphatic heterocycles. The zero-order chi connectivity index (χ0) is 13.8. The molecule has 2 rings (SSSR count). The molecule has 0 aliphatic rings. The van der Waals surface area contributed by atoms with Gasteiger partial charge >= 0.3 is 0 Å². The first kappa shape index (κ1) is 14.4. The Labute approximate surface area is 122 Å². The Morgan fingerprint density at radius 3 is 2.53 bits per heavy atom. The molecule has 0 fully saturated rings. The van der Waals surface area contributed by atoms with Gasteiger partial charge in [0.2, 0.25) is 0 Å². The summed E-state index contributed by atoms with van der Waals surface area (Å²) in [6.45, 7) is 5.91. The van der Waals surface area contributed by atoms with Crippen molar-refractivity contribution in [3.05, 3.63) is 40.3 Å². The van der Waals surface area contributed by atoms with Crippen LogP contribution in [0.2, 0.25) is 10.0 Å². The van der Waals surface area contributed by atoms with E-state index in [1.165, 1.54) is 6.39 Å². The molecule has 0 atom stereocenters. The smallest absolute Gasteiger partial charge is 0.181 e. The molecule has 2 aromatic rings. The van der Waals surface area contributed by atoms with Gasteiger partial charge in [0.15, 0.2) is 12.2 Å². The third-order valence-corrected chi connectivity index (χ3v) is 3.05. The number of nitrogens with zero attached hydrogens (tertiary/aromatic N) is 1. The first-order valence-corrected chi connectivity index (χ1v) is 6.91. The lowest BCUT2D eigenvalue weighted by molar-refractivity contribution is 0.545. The standard InChI is InChI=1S/C14H16Cl2N2O/c1-9(2)6-17-7-13-14(19-8-18-13)10-3-11(15)5-12(16)4-10/h3-5,8-9,17H,6-7H2,1-2H3. The molecule has 1 aromatic carbocycles. The van der Waals surface area contributed by atoms with Crippen LogP contribution < -0.4 is 5.32 Å². The maximum atomic E-state index is 6.00. The van der Waals surface area contributed by atoms with Gasteiger partial charge in [-0.2, -0.15) is 0 Å². The number of rotatable bonds is 5. The fraction of sp³-hybridized carbons (Fsp3) is 0.357. The first-order valence-electron chi connectivity index (χ1n) is 6.16. The highest BCUT2D eigenvalue weighted by Gasteiger charge is 2.12. The topological polar surface area (TPSA) is 38.1 Å². The number of hydrogen-bond donors (Lipinski definition) is 1. The number of nitrogens with one attached hydrogen (secondary N) is 1. The van der Waals surface area contributed by atoms with Crippen molar-refractivity contribution in [3.63, 3.8) is 0 Å². The number of benzene rings is 1. The van der Waals surface area contributed by atoms with Gasteiger partial charge in [-0.3, -0.25) is 0 Å². The molecule has 0 saturated heterocycles. The highest BCUT2D eigenvalue weighted by Crippen LogP contribution is 2.29. The van der Waals surface area contributed by atoms with Crippen molar-refractivity contribution >= 4 is 23.2 Å². The van der Waals surface area contributed by atoms with Crippen LogP contribution in [0.5, 0.6) is 0 Å². The summed E-state index contributed by atoms with van der Waals surface area (Å²) < 4.78 is 5.45. The molecule has 1 aromatic heterocycles. The zero-order valence-corrected chi connectivity index (χ0v) is 12.4. The Balaban J connectivity index is 2.18. The molecule has 0 aliphatic carbocycles. The van der Waals surface area contributed by atoms with E-state index in [0.717, 1.165) is 17.8 Å². The second kappa shape index (κ2) is 6.42. The maximum Gasteiger partial charge on any atom is 0.181 e. The second-order valence-electron chi connectivity index (χ2n) is 4.81. The molecule has 0 amide bonds. The molecule has 19 heavy (non-hydrogen) atoms. The lowest BCUT2D eigenvalue weighted by Crippen LogP contribution is -2.19. The van der Waals surface area contributed by atoms with Crippen LogP contribution in [0.3, 0.4) is 0 Å². The first-order chi connectivity index (χ1) is 9.06. The van der Waals surface area contributed by atoms with Crippen LogP contribution in [-0.4, -0.2) is 11.5 Å². The molecule has 0 bridgehead atoms. The molecular formula is C14H16Cl2N2O. The Bertz CT molecular complexity index is 532. The summed E-state index contributed by atoms with van der Waals surface area (Å²) in [5, 5.41) is 4.50. The summed E-state index contributed by atoms with van der Waals surface area (Å²) in [4.78, 5) is 4.23. The molecule has 0 radical (unpaired) electrons. The summed E-state index contributed by atoms with van der Waals surface area (Å²) in [6, 6.07) is 5.33. The molecule has 0 unspecified atom stereocenters. The minimum absolute atomic E-state index is 0.583. The second-order valence-corrected chi connectivity index (χ2v) is 5.68. The average Bonchev–Trinajstić information content (AvgIpc) is 2.75. The summed E-state index contributed by atoms with van der Waals surface area (Å²) in [7, 11) is 0. The van der Waals surface area contributed by atoms with Crippen LogP contribution >= 0.6 is 23.2 Å². The maximum absolute atomic E-state index is 6.00. The quantitative estimate of drug-likeness (QED) is 0.889. The predicted octanol–water partition coefficient (Wildman–Crippen LogP) is 4.39. The largest absolute Gasteiger partial charge is 0.443 e. The van der Waals surface area contributed by atoms with Gasteiger partial charge in [-0.1, -0.05) is 37.0 Å². The van der Waals surface area contributed by atoms with Crippen LogP contribution in [0.4, 0.5) is 0 Å². The highest BCUT2D eigenvalue weighted by molar-refractivity contribution is 6.35. The Morgan fingerprint density at radius 1 is 1.21 bits per heavy atom. The van der Waals surface area contributed by atoms with Crippen molar-refractivity contribution < 1.29 is 4.42 Å². The Hall–Kier alpha value is -1.03. The van der Waals surface area contributed by atoms with E-state index in [2.05, 4.69) is 24.1 Å². The molecular weight excluding hydrogens is 283 g/mol. The highest BCUT2D eigenvalue weighted by atomic mass is 35.5. The van der Waals surface area contributed by atoms with Gasteiger partial charge in [-0.05, 0) is 30.7 Å². The number of oxazole rings is 1. The Morgan fingerprint density at radius 2 is 1.89 bits per heavy atom. The SMILES string of the molecule is CC(C)CNCc1ncoc1-c1cc(Cl)cc(Cl)c1. The molecule has 1 N–H and O–H groups in total. The van der Waals surface area contributed by atoms with Crippen molar-refractivity contribution in [2.45, 2.75) is 20.4 Å². The van der Waals surface area contributed by atoms with E-state index in [4.69, 9.17) is 27.6 Å². The molecule has 0 spiro atoms. The lowest BCUT2D eigenvalue weighted by Gasteiger charge is -2.07. The van der Waals surface area contributed by atoms with E-state index >= 15 is 0 Å². The number of halogens is 2. The van der Waals surface area contributed by atoms with E-state index in [0.29, 0.717) is 28.3 Å². The molecule has 3 nitrogen and oxygen atoms in total. The van der Waals surface area contributed by atoms with Gasteiger partial charge in [-0.15, -0.1) is 0 Å². The van der Waals surface area contributed by atoms with Gasteiger partial charge in [-0.25, -0.2) is 4.98 Å². The van der Waals surface area contributed by atoms with Crippen LogP contribution in [0.25, 0.3) is 11.3 Å². The van der Waals surface area contributed by atoms with E-state index in [1.54, 1.807) is 6.07 Å². The van der Waals surface area contributed by atoms with E-state index in [9.17, 15) is 0 Å². The van der Waals surface area contributed by atoms with Gasteiger partial charge in [0.25, 0.3) is 0 Å². The normalized spacial score (nSPS) is 11.2. The summed E-state index contributed by atoms with van der Waals surface area (Å²) in [6.07, 6.45) is 1.44. The van der Waals surface area contributed by atoms with Crippen molar-refractivity contribution in [1.82, 2.24) is 10.3 Å². The summed E-state index contributed by atoms with van der Waals surface area (Å²) >= 11 is 12.0. The van der Waals surface area contributed by atoms with E-state index < -0.39 is 0 Å². The van der Waals surface area contributed by atoms with Crippen LogP contribution in [0.15, 0.2) is 29.0 Å². The van der Waals surface area contributed by atoms with Gasteiger partial charge in [0.1, 0.15) is 5.69 Å². The molecule has 5 heteroatoms. The summed E-state index contributed by atoms with van der Waals surface area (Å²) in [5.41, 5.74) is 1.70. The lowest BCUT2D eigenvalue weighted by atomic mass is 10.1. The van der Waals surface area contributed by atoms with Crippen LogP contribution in [0.1, 0.15) is 19.5 Å². The van der Waals surface area contributed by atoms with Crippen LogP contribution in [-0.2, 0) is 6.54 Å². The Kier molecular flexibility index (Phi) is 4.86. The minimum atomic E-state index is 0.583. The van der Waals surface area contributed by atoms with E-state index in [1.807, 2.05) is 12.1 Å². The predicted molar refractivity (Wildman–Crippen MR) is 78.5 cm³/mol. The zero-order valence-electron chi connectivity index (χ0n) is 10.9. The van der Waals surface area contributed by atoms with Gasteiger partial charge in [0, 0.05) is 22.2 Å². The molecule has 0 saturated carbocycles. The average molecular weight is 299 g/mol. The monoisotopic (exact) mass is 298 g/mol. The van der Waals surface area contributed by atoms with Crippen molar-refractivity contribution in [2.75, 3.05) is 6.54 Å². The minimum Gasteiger partial charge on any atom is -0.443 e. The third-order valence-electron chi connectivity index (χ3n) is 2.61. The van der Waals surface area contributed by atoms with Crippen molar-refractivity contribution in [2.24, 2.45) is 5.92 Å². The van der Waals surface area contributed by atoms with Crippen molar-refractivity contribution in [3.8, 4) is 11.3 Å². The van der Waals surface area contributed by atoms with Gasteiger partial charge in [0.05, 0.1) is 0 Å². The van der Waals surface area contributed by atoms with E-state index in [-0.39, 0.29) is 0 Å². The van der Waals surface area contributed by atoms with Crippen molar-refractivity contribution in [1.29, 1.82) is 0 Å². The van der Waals surface area contributed by atoms with Crippen LogP contribution in [0, 0.1) is 5.92 Å².